The predicted molar refractivity (Wildman–Crippen MR) is 49.9 cm³/mol. The number of aldehydes is 1. The van der Waals surface area contributed by atoms with Crippen LogP contribution in [0.2, 0.25) is 0 Å². The minimum Gasteiger partial charge on any atom is -0.389 e. The first-order chi connectivity index (χ1) is 5.57. The quantitative estimate of drug-likeness (QED) is 0.386. The first-order valence-corrected chi connectivity index (χ1v) is 4.02. The summed E-state index contributed by atoms with van der Waals surface area (Å²) in [6.07, 6.45) is 3.23. The van der Waals surface area contributed by atoms with E-state index in [4.69, 9.17) is 0 Å². The molecule has 12 heavy (non-hydrogen) atoms. The summed E-state index contributed by atoms with van der Waals surface area (Å²) in [6.45, 7) is 7.31. The second kappa shape index (κ2) is 5.72. The van der Waals surface area contributed by atoms with Crippen molar-refractivity contribution >= 4 is 6.29 Å². The molecule has 0 saturated carbocycles. The molecule has 0 heterocycles. The maximum atomic E-state index is 10.0. The Morgan fingerprint density at radius 2 is 2.17 bits per heavy atom. The molecule has 0 bridgehead atoms. The van der Waals surface area contributed by atoms with Crippen LogP contribution in [-0.4, -0.2) is 17.5 Å². The third-order valence-corrected chi connectivity index (χ3v) is 1.73. The summed E-state index contributed by atoms with van der Waals surface area (Å²) < 4.78 is 0. The average molecular weight is 168 g/mol. The Morgan fingerprint density at radius 1 is 1.58 bits per heavy atom. The highest BCUT2D eigenvalue weighted by atomic mass is 16.3. The topological polar surface area (TPSA) is 37.3 Å². The van der Waals surface area contributed by atoms with Gasteiger partial charge >= 0.3 is 0 Å². The Bertz CT molecular complexity index is 192. The lowest BCUT2D eigenvalue weighted by Crippen LogP contribution is -2.06. The highest BCUT2D eigenvalue weighted by Gasteiger charge is 2.03. The molecule has 0 fully saturated rings. The van der Waals surface area contributed by atoms with Gasteiger partial charge in [-0.3, -0.25) is 4.79 Å². The SMILES string of the molecule is C=C(C)C(O)CC/C(C)=C/C=O. The zero-order valence-corrected chi connectivity index (χ0v) is 7.71. The number of hydrogen-bond acceptors (Lipinski definition) is 2. The van der Waals surface area contributed by atoms with Crippen LogP contribution >= 0.6 is 0 Å². The second-order valence-corrected chi connectivity index (χ2v) is 3.05. The van der Waals surface area contributed by atoms with Gasteiger partial charge in [-0.05, 0) is 32.8 Å². The zero-order chi connectivity index (χ0) is 9.56. The van der Waals surface area contributed by atoms with E-state index in [1.54, 1.807) is 6.92 Å². The molecule has 0 amide bonds. The van der Waals surface area contributed by atoms with Crippen LogP contribution in [0.25, 0.3) is 0 Å². The van der Waals surface area contributed by atoms with E-state index in [2.05, 4.69) is 6.58 Å². The molecule has 1 unspecified atom stereocenters. The largest absolute Gasteiger partial charge is 0.389 e. The zero-order valence-electron chi connectivity index (χ0n) is 7.71. The average Bonchev–Trinajstić information content (AvgIpc) is 2.00. The minimum atomic E-state index is -0.444. The Morgan fingerprint density at radius 3 is 2.58 bits per heavy atom. The number of aliphatic hydroxyl groups is 1. The summed E-state index contributed by atoms with van der Waals surface area (Å²) in [5, 5.41) is 9.33. The number of carbonyl (C=O) groups is 1. The standard InChI is InChI=1S/C10H16O2/c1-8(2)10(12)5-4-9(3)6-7-11/h6-7,10,12H,1,4-5H2,2-3H3/b9-6+. The van der Waals surface area contributed by atoms with Gasteiger partial charge in [0.1, 0.15) is 6.29 Å². The van der Waals surface area contributed by atoms with Crippen molar-refractivity contribution in [1.29, 1.82) is 0 Å². The van der Waals surface area contributed by atoms with Crippen LogP contribution in [0.4, 0.5) is 0 Å². The summed E-state index contributed by atoms with van der Waals surface area (Å²) in [5.74, 6) is 0. The van der Waals surface area contributed by atoms with Crippen LogP contribution in [0.15, 0.2) is 23.8 Å². The van der Waals surface area contributed by atoms with Crippen LogP contribution in [-0.2, 0) is 4.79 Å². The fourth-order valence-corrected chi connectivity index (χ4v) is 0.810. The molecule has 0 spiro atoms. The maximum absolute atomic E-state index is 10.0. The molecule has 1 atom stereocenters. The first kappa shape index (κ1) is 11.1. The minimum absolute atomic E-state index is 0.444. The third-order valence-electron chi connectivity index (χ3n) is 1.73. The smallest absolute Gasteiger partial charge is 0.142 e. The van der Waals surface area contributed by atoms with Crippen molar-refractivity contribution in [3.8, 4) is 0 Å². The van der Waals surface area contributed by atoms with Gasteiger partial charge in [-0.25, -0.2) is 0 Å². The van der Waals surface area contributed by atoms with Gasteiger partial charge in [-0.1, -0.05) is 17.7 Å². The number of allylic oxidation sites excluding steroid dienone is 2. The van der Waals surface area contributed by atoms with Crippen molar-refractivity contribution < 1.29 is 9.90 Å². The molecule has 0 radical (unpaired) electrons. The third kappa shape index (κ3) is 4.85. The lowest BCUT2D eigenvalue weighted by molar-refractivity contribution is -0.104. The molecule has 68 valence electrons. The van der Waals surface area contributed by atoms with Crippen molar-refractivity contribution in [2.24, 2.45) is 0 Å². The molecule has 2 nitrogen and oxygen atoms in total. The number of hydrogen-bond donors (Lipinski definition) is 1. The lowest BCUT2D eigenvalue weighted by Gasteiger charge is -2.09. The van der Waals surface area contributed by atoms with Crippen molar-refractivity contribution in [1.82, 2.24) is 0 Å². The maximum Gasteiger partial charge on any atom is 0.142 e. The van der Waals surface area contributed by atoms with E-state index >= 15 is 0 Å². The number of carbonyl (C=O) groups excluding carboxylic acids is 1. The van der Waals surface area contributed by atoms with Crippen LogP contribution in [0.3, 0.4) is 0 Å². The monoisotopic (exact) mass is 168 g/mol. The molecule has 2 heteroatoms. The van der Waals surface area contributed by atoms with Gasteiger partial charge in [-0.2, -0.15) is 0 Å². The summed E-state index contributed by atoms with van der Waals surface area (Å²) in [4.78, 5) is 10.0. The fraction of sp³-hybridized carbons (Fsp3) is 0.500. The van der Waals surface area contributed by atoms with E-state index in [0.29, 0.717) is 6.42 Å². The number of aliphatic hydroxyl groups excluding tert-OH is 1. The van der Waals surface area contributed by atoms with E-state index in [1.807, 2.05) is 6.92 Å². The molecule has 0 aliphatic carbocycles. The molecule has 0 aromatic rings. The lowest BCUT2D eigenvalue weighted by atomic mass is 10.0. The molecule has 0 saturated heterocycles. The van der Waals surface area contributed by atoms with Gasteiger partial charge in [0.15, 0.2) is 0 Å². The van der Waals surface area contributed by atoms with Gasteiger partial charge in [-0.15, -0.1) is 0 Å². The summed E-state index contributed by atoms with van der Waals surface area (Å²) >= 11 is 0. The fourth-order valence-electron chi connectivity index (χ4n) is 0.810. The molecule has 0 aliphatic heterocycles. The molecular weight excluding hydrogens is 152 g/mol. The van der Waals surface area contributed by atoms with E-state index in [1.165, 1.54) is 6.08 Å². The van der Waals surface area contributed by atoms with E-state index < -0.39 is 6.10 Å². The molecule has 0 aromatic carbocycles. The predicted octanol–water partition coefficient (Wildman–Crippen LogP) is 1.85. The van der Waals surface area contributed by atoms with Crippen molar-refractivity contribution in [2.75, 3.05) is 0 Å². The van der Waals surface area contributed by atoms with E-state index in [-0.39, 0.29) is 0 Å². The van der Waals surface area contributed by atoms with Gasteiger partial charge in [0.25, 0.3) is 0 Å². The van der Waals surface area contributed by atoms with Gasteiger partial charge in [0.2, 0.25) is 0 Å². The van der Waals surface area contributed by atoms with Crippen LogP contribution in [0.5, 0.6) is 0 Å². The van der Waals surface area contributed by atoms with Gasteiger partial charge in [0, 0.05) is 0 Å². The Kier molecular flexibility index (Phi) is 5.30. The Labute approximate surface area is 73.6 Å². The summed E-state index contributed by atoms with van der Waals surface area (Å²) in [6, 6.07) is 0. The van der Waals surface area contributed by atoms with Gasteiger partial charge < -0.3 is 5.11 Å². The molecule has 1 N–H and O–H groups in total. The number of rotatable bonds is 5. The molecule has 0 aromatic heterocycles. The van der Waals surface area contributed by atoms with Gasteiger partial charge in [0.05, 0.1) is 6.10 Å². The molecular formula is C10H16O2. The first-order valence-electron chi connectivity index (χ1n) is 4.02. The van der Waals surface area contributed by atoms with Crippen LogP contribution in [0.1, 0.15) is 26.7 Å². The normalized spacial score (nSPS) is 14.1. The summed E-state index contributed by atoms with van der Waals surface area (Å²) in [5.41, 5.74) is 1.76. The Balaban J connectivity index is 3.75. The highest BCUT2D eigenvalue weighted by Crippen LogP contribution is 2.10. The molecule has 0 rings (SSSR count). The summed E-state index contributed by atoms with van der Waals surface area (Å²) in [7, 11) is 0. The highest BCUT2D eigenvalue weighted by molar-refractivity contribution is 5.65. The molecule has 0 aliphatic rings. The Hall–Kier alpha value is -0.890. The van der Waals surface area contributed by atoms with Crippen molar-refractivity contribution in [3.63, 3.8) is 0 Å². The van der Waals surface area contributed by atoms with Crippen LogP contribution in [0, 0.1) is 0 Å². The van der Waals surface area contributed by atoms with Crippen LogP contribution < -0.4 is 0 Å². The second-order valence-electron chi connectivity index (χ2n) is 3.05. The van der Waals surface area contributed by atoms with Crippen molar-refractivity contribution in [2.45, 2.75) is 32.8 Å². The van der Waals surface area contributed by atoms with E-state index in [0.717, 1.165) is 23.9 Å². The van der Waals surface area contributed by atoms with E-state index in [9.17, 15) is 9.90 Å². The van der Waals surface area contributed by atoms with Crippen molar-refractivity contribution in [3.05, 3.63) is 23.8 Å².